The molecule has 0 aliphatic rings. The predicted molar refractivity (Wildman–Crippen MR) is 60.4 cm³/mol. The van der Waals surface area contributed by atoms with Crippen LogP contribution in [-0.4, -0.2) is 12.1 Å². The number of methoxy groups -OCH3 is 1. The molecule has 1 aromatic heterocycles. The zero-order chi connectivity index (χ0) is 10.1. The molecule has 0 saturated carbocycles. The number of fused-ring (bicyclic) bond motifs is 1. The highest BCUT2D eigenvalue weighted by Gasteiger charge is 2.04. The monoisotopic (exact) mass is 252 g/mol. The van der Waals surface area contributed by atoms with E-state index in [9.17, 15) is 0 Å². The normalized spacial score (nSPS) is 10.4. The van der Waals surface area contributed by atoms with Gasteiger partial charge in [0.15, 0.2) is 0 Å². The molecule has 2 rings (SSSR count). The highest BCUT2D eigenvalue weighted by atomic mass is 79.9. The minimum absolute atomic E-state index is 0.522. The van der Waals surface area contributed by atoms with Gasteiger partial charge in [0, 0.05) is 11.6 Å². The van der Waals surface area contributed by atoms with Crippen LogP contribution in [0.1, 0.15) is 0 Å². The van der Waals surface area contributed by atoms with Gasteiger partial charge in [0.05, 0.1) is 11.6 Å². The third-order valence-corrected chi connectivity index (χ3v) is 2.69. The van der Waals surface area contributed by atoms with E-state index in [4.69, 9.17) is 10.5 Å². The Bertz CT molecular complexity index is 485. The lowest BCUT2D eigenvalue weighted by atomic mass is 10.1. The maximum Gasteiger partial charge on any atom is 0.133 e. The highest BCUT2D eigenvalue weighted by Crippen LogP contribution is 2.31. The van der Waals surface area contributed by atoms with Crippen LogP contribution in [-0.2, 0) is 0 Å². The van der Waals surface area contributed by atoms with Crippen molar-refractivity contribution in [3.63, 3.8) is 0 Å². The van der Waals surface area contributed by atoms with Crippen LogP contribution in [0.15, 0.2) is 28.9 Å². The van der Waals surface area contributed by atoms with Crippen molar-refractivity contribution < 1.29 is 4.74 Å². The number of benzene rings is 1. The molecule has 0 unspecified atom stereocenters. The minimum atomic E-state index is 0.522. The largest absolute Gasteiger partial charge is 0.496 e. The lowest BCUT2D eigenvalue weighted by Crippen LogP contribution is -1.92. The summed E-state index contributed by atoms with van der Waals surface area (Å²) in [5.41, 5.74) is 5.75. The Labute approximate surface area is 90.0 Å². The minimum Gasteiger partial charge on any atom is -0.496 e. The molecule has 0 saturated heterocycles. The first kappa shape index (κ1) is 9.27. The average Bonchev–Trinajstić information content (AvgIpc) is 2.17. The number of pyridine rings is 1. The van der Waals surface area contributed by atoms with Gasteiger partial charge < -0.3 is 10.5 Å². The van der Waals surface area contributed by atoms with Crippen molar-refractivity contribution in [2.24, 2.45) is 0 Å². The number of nitrogens with zero attached hydrogens (tertiary/aromatic N) is 1. The van der Waals surface area contributed by atoms with Crippen LogP contribution in [0.25, 0.3) is 10.8 Å². The van der Waals surface area contributed by atoms with Gasteiger partial charge in [-0.15, -0.1) is 0 Å². The topological polar surface area (TPSA) is 48.1 Å². The van der Waals surface area contributed by atoms with Crippen LogP contribution in [0.4, 0.5) is 5.82 Å². The lowest BCUT2D eigenvalue weighted by molar-refractivity contribution is 0.413. The van der Waals surface area contributed by atoms with Crippen LogP contribution in [0.5, 0.6) is 5.75 Å². The Balaban J connectivity index is 2.80. The van der Waals surface area contributed by atoms with Gasteiger partial charge in [-0.05, 0) is 39.5 Å². The molecule has 0 spiro atoms. The molecule has 1 heterocycles. The van der Waals surface area contributed by atoms with Crippen molar-refractivity contribution in [2.45, 2.75) is 0 Å². The number of hydrogen-bond donors (Lipinski definition) is 1. The summed E-state index contributed by atoms with van der Waals surface area (Å²) >= 11 is 3.42. The Morgan fingerprint density at radius 2 is 2.21 bits per heavy atom. The summed E-state index contributed by atoms with van der Waals surface area (Å²) in [6.07, 6.45) is 1.69. The molecule has 4 heteroatoms. The van der Waals surface area contributed by atoms with Gasteiger partial charge in [-0.3, -0.25) is 0 Å². The van der Waals surface area contributed by atoms with E-state index in [1.54, 1.807) is 13.3 Å². The molecular weight excluding hydrogens is 244 g/mol. The maximum absolute atomic E-state index is 5.75. The molecule has 0 radical (unpaired) electrons. The molecule has 72 valence electrons. The van der Waals surface area contributed by atoms with Gasteiger partial charge in [-0.1, -0.05) is 0 Å². The van der Waals surface area contributed by atoms with Crippen molar-refractivity contribution in [1.82, 2.24) is 4.98 Å². The first-order valence-corrected chi connectivity index (χ1v) is 4.89. The number of rotatable bonds is 1. The summed E-state index contributed by atoms with van der Waals surface area (Å²) in [6.45, 7) is 0. The Kier molecular flexibility index (Phi) is 2.29. The Morgan fingerprint density at radius 1 is 1.43 bits per heavy atom. The van der Waals surface area contributed by atoms with E-state index in [-0.39, 0.29) is 0 Å². The molecule has 0 bridgehead atoms. The predicted octanol–water partition coefficient (Wildman–Crippen LogP) is 2.59. The fourth-order valence-corrected chi connectivity index (χ4v) is 1.88. The van der Waals surface area contributed by atoms with Crippen molar-refractivity contribution in [3.8, 4) is 5.75 Å². The van der Waals surface area contributed by atoms with E-state index in [1.165, 1.54) is 0 Å². The second-order valence-corrected chi connectivity index (χ2v) is 3.76. The van der Waals surface area contributed by atoms with Crippen molar-refractivity contribution >= 4 is 32.5 Å². The molecule has 0 fully saturated rings. The first-order chi connectivity index (χ1) is 6.72. The number of aromatic nitrogens is 1. The summed E-state index contributed by atoms with van der Waals surface area (Å²) in [5.74, 6) is 1.28. The third-order valence-electron chi connectivity index (χ3n) is 2.07. The molecule has 0 aliphatic carbocycles. The quantitative estimate of drug-likeness (QED) is 0.849. The van der Waals surface area contributed by atoms with Gasteiger partial charge in [0.2, 0.25) is 0 Å². The third kappa shape index (κ3) is 1.42. The van der Waals surface area contributed by atoms with Crippen LogP contribution in [0.2, 0.25) is 0 Å². The number of hydrogen-bond acceptors (Lipinski definition) is 3. The van der Waals surface area contributed by atoms with Crippen LogP contribution < -0.4 is 10.5 Å². The van der Waals surface area contributed by atoms with Gasteiger partial charge >= 0.3 is 0 Å². The van der Waals surface area contributed by atoms with Crippen molar-refractivity contribution in [2.75, 3.05) is 12.8 Å². The smallest absolute Gasteiger partial charge is 0.133 e. The highest BCUT2D eigenvalue weighted by molar-refractivity contribution is 9.10. The van der Waals surface area contributed by atoms with Gasteiger partial charge in [-0.25, -0.2) is 4.98 Å². The zero-order valence-corrected chi connectivity index (χ0v) is 9.21. The van der Waals surface area contributed by atoms with Crippen LogP contribution in [0.3, 0.4) is 0 Å². The van der Waals surface area contributed by atoms with Gasteiger partial charge in [-0.2, -0.15) is 0 Å². The molecular formula is C10H9BrN2O. The van der Waals surface area contributed by atoms with E-state index >= 15 is 0 Å². The Morgan fingerprint density at radius 3 is 2.93 bits per heavy atom. The van der Waals surface area contributed by atoms with Crippen LogP contribution in [0, 0.1) is 0 Å². The molecule has 14 heavy (non-hydrogen) atoms. The number of nitrogens with two attached hydrogens (primary N) is 1. The SMILES string of the molecule is COc1cc2c(N)nccc2cc1Br. The number of nitrogen functional groups attached to an aromatic ring is 1. The van der Waals surface area contributed by atoms with E-state index < -0.39 is 0 Å². The molecule has 3 nitrogen and oxygen atoms in total. The standard InChI is InChI=1S/C10H9BrN2O/c1-14-9-5-7-6(4-8(9)11)2-3-13-10(7)12/h2-5H,1H3,(H2,12,13). The van der Waals surface area contributed by atoms with Crippen molar-refractivity contribution in [3.05, 3.63) is 28.9 Å². The summed E-state index contributed by atoms with van der Waals surface area (Å²) in [7, 11) is 1.62. The first-order valence-electron chi connectivity index (χ1n) is 4.10. The van der Waals surface area contributed by atoms with E-state index in [2.05, 4.69) is 20.9 Å². The fraction of sp³-hybridized carbons (Fsp3) is 0.100. The summed E-state index contributed by atoms with van der Waals surface area (Å²) in [4.78, 5) is 4.02. The Hall–Kier alpha value is -1.29. The molecule has 0 atom stereocenters. The average molecular weight is 253 g/mol. The van der Waals surface area contributed by atoms with E-state index in [1.807, 2.05) is 18.2 Å². The van der Waals surface area contributed by atoms with Crippen LogP contribution >= 0.6 is 15.9 Å². The maximum atomic E-state index is 5.75. The summed E-state index contributed by atoms with van der Waals surface area (Å²) in [5, 5.41) is 1.96. The number of ether oxygens (including phenoxy) is 1. The molecule has 0 aliphatic heterocycles. The lowest BCUT2D eigenvalue weighted by Gasteiger charge is -2.06. The molecule has 0 amide bonds. The molecule has 2 aromatic rings. The van der Waals surface area contributed by atoms with Crippen molar-refractivity contribution in [1.29, 1.82) is 0 Å². The summed E-state index contributed by atoms with van der Waals surface area (Å²) in [6, 6.07) is 5.75. The second-order valence-electron chi connectivity index (χ2n) is 2.90. The van der Waals surface area contributed by atoms with E-state index in [0.29, 0.717) is 5.82 Å². The fourth-order valence-electron chi connectivity index (χ4n) is 1.35. The van der Waals surface area contributed by atoms with Gasteiger partial charge in [0.1, 0.15) is 11.6 Å². The van der Waals surface area contributed by atoms with Gasteiger partial charge in [0.25, 0.3) is 0 Å². The number of halogens is 1. The molecule has 1 aromatic carbocycles. The zero-order valence-electron chi connectivity index (χ0n) is 7.62. The summed E-state index contributed by atoms with van der Waals surface area (Å²) < 4.78 is 6.09. The second kappa shape index (κ2) is 3.46. The number of anilines is 1. The molecule has 2 N–H and O–H groups in total. The van der Waals surface area contributed by atoms with E-state index in [0.717, 1.165) is 21.0 Å².